The number of halogens is 1. The van der Waals surface area contributed by atoms with Gasteiger partial charge in [-0.25, -0.2) is 0 Å². The van der Waals surface area contributed by atoms with Gasteiger partial charge in [-0.1, -0.05) is 0 Å². The van der Waals surface area contributed by atoms with Gasteiger partial charge in [0.1, 0.15) is 0 Å². The van der Waals surface area contributed by atoms with E-state index in [2.05, 4.69) is 5.32 Å². The Labute approximate surface area is 83.6 Å². The molecule has 0 aromatic heterocycles. The van der Waals surface area contributed by atoms with Crippen molar-refractivity contribution in [1.29, 1.82) is 0 Å². The van der Waals surface area contributed by atoms with Crippen molar-refractivity contribution in [1.82, 2.24) is 10.2 Å². The average molecular weight is 200 g/mol. The first-order valence-electron chi connectivity index (χ1n) is 5.39. The first kappa shape index (κ1) is 9.90. The zero-order valence-electron chi connectivity index (χ0n) is 8.34. The molecule has 0 bridgehead atoms. The van der Waals surface area contributed by atoms with Crippen LogP contribution in [0.5, 0.6) is 0 Å². The van der Waals surface area contributed by atoms with Crippen molar-refractivity contribution < 1.29 is 9.18 Å². The van der Waals surface area contributed by atoms with E-state index >= 15 is 0 Å². The molecule has 0 aromatic rings. The zero-order valence-corrected chi connectivity index (χ0v) is 8.34. The third-order valence-electron chi connectivity index (χ3n) is 3.17. The van der Waals surface area contributed by atoms with Crippen LogP contribution in [-0.4, -0.2) is 43.2 Å². The third-order valence-corrected chi connectivity index (χ3v) is 3.17. The molecule has 0 saturated carbocycles. The second-order valence-corrected chi connectivity index (χ2v) is 4.24. The van der Waals surface area contributed by atoms with Gasteiger partial charge in [0.2, 0.25) is 5.91 Å². The molecule has 2 rings (SSSR count). The normalized spacial score (nSPS) is 32.5. The fraction of sp³-hybridized carbons (Fsp3) is 0.900. The van der Waals surface area contributed by atoms with Gasteiger partial charge in [-0.05, 0) is 25.8 Å². The largest absolute Gasteiger partial charge is 0.341 e. The van der Waals surface area contributed by atoms with Gasteiger partial charge >= 0.3 is 0 Å². The summed E-state index contributed by atoms with van der Waals surface area (Å²) in [6, 6.07) is 0.00774. The second-order valence-electron chi connectivity index (χ2n) is 4.24. The molecule has 0 radical (unpaired) electrons. The Bertz CT molecular complexity index is 216. The Kier molecular flexibility index (Phi) is 3.01. The van der Waals surface area contributed by atoms with Crippen molar-refractivity contribution >= 4 is 5.91 Å². The fourth-order valence-electron chi connectivity index (χ4n) is 2.27. The van der Waals surface area contributed by atoms with Gasteiger partial charge in [-0.15, -0.1) is 0 Å². The van der Waals surface area contributed by atoms with Gasteiger partial charge in [-0.3, -0.25) is 9.18 Å². The molecule has 0 unspecified atom stereocenters. The van der Waals surface area contributed by atoms with Crippen molar-refractivity contribution in [3.63, 3.8) is 0 Å². The summed E-state index contributed by atoms with van der Waals surface area (Å²) < 4.78 is 12.4. The van der Waals surface area contributed by atoms with Crippen molar-refractivity contribution in [2.24, 2.45) is 5.92 Å². The van der Waals surface area contributed by atoms with Crippen LogP contribution in [0, 0.1) is 5.92 Å². The predicted molar refractivity (Wildman–Crippen MR) is 51.7 cm³/mol. The number of hydrogen-bond acceptors (Lipinski definition) is 2. The highest BCUT2D eigenvalue weighted by Gasteiger charge is 2.31. The van der Waals surface area contributed by atoms with Crippen LogP contribution in [0.25, 0.3) is 0 Å². The van der Waals surface area contributed by atoms with Crippen molar-refractivity contribution in [3.8, 4) is 0 Å². The molecular formula is C10H17FN2O. The first-order valence-corrected chi connectivity index (χ1v) is 5.39. The minimum absolute atomic E-state index is 0.00774. The summed E-state index contributed by atoms with van der Waals surface area (Å²) in [6.07, 6.45) is 2.85. The number of alkyl halides is 1. The molecule has 1 N–H and O–H groups in total. The lowest BCUT2D eigenvalue weighted by Gasteiger charge is -2.20. The minimum Gasteiger partial charge on any atom is -0.341 e. The fourth-order valence-corrected chi connectivity index (χ4v) is 2.27. The maximum atomic E-state index is 12.4. The van der Waals surface area contributed by atoms with Crippen LogP contribution in [-0.2, 0) is 4.79 Å². The molecule has 2 aliphatic heterocycles. The highest BCUT2D eigenvalue weighted by atomic mass is 19.1. The average Bonchev–Trinajstić information content (AvgIpc) is 2.88. The molecule has 14 heavy (non-hydrogen) atoms. The van der Waals surface area contributed by atoms with Crippen molar-refractivity contribution in [3.05, 3.63) is 0 Å². The lowest BCUT2D eigenvalue weighted by Crippen LogP contribution is -2.42. The highest BCUT2D eigenvalue weighted by molar-refractivity contribution is 5.82. The van der Waals surface area contributed by atoms with Crippen LogP contribution in [0.4, 0.5) is 4.39 Å². The lowest BCUT2D eigenvalue weighted by atomic mass is 10.1. The summed E-state index contributed by atoms with van der Waals surface area (Å²) >= 11 is 0. The summed E-state index contributed by atoms with van der Waals surface area (Å²) in [5, 5.41) is 3.18. The Morgan fingerprint density at radius 2 is 2.36 bits per heavy atom. The van der Waals surface area contributed by atoms with Crippen molar-refractivity contribution in [2.75, 3.05) is 26.3 Å². The van der Waals surface area contributed by atoms with Gasteiger partial charge in [0, 0.05) is 19.0 Å². The Morgan fingerprint density at radius 1 is 1.50 bits per heavy atom. The van der Waals surface area contributed by atoms with Gasteiger partial charge in [0.05, 0.1) is 12.7 Å². The number of rotatable bonds is 2. The van der Waals surface area contributed by atoms with Gasteiger partial charge < -0.3 is 10.2 Å². The summed E-state index contributed by atoms with van der Waals surface area (Å²) in [5.74, 6) is 0.263. The molecule has 2 heterocycles. The number of nitrogens with zero attached hydrogens (tertiary/aromatic N) is 1. The molecule has 80 valence electrons. The summed E-state index contributed by atoms with van der Waals surface area (Å²) in [5.41, 5.74) is 0. The highest BCUT2D eigenvalue weighted by Crippen LogP contribution is 2.19. The van der Waals surface area contributed by atoms with Crippen LogP contribution in [0.2, 0.25) is 0 Å². The number of hydrogen-bond donors (Lipinski definition) is 1. The van der Waals surface area contributed by atoms with Crippen LogP contribution < -0.4 is 5.32 Å². The third kappa shape index (κ3) is 1.90. The van der Waals surface area contributed by atoms with E-state index in [1.807, 2.05) is 4.90 Å². The standard InChI is InChI=1S/C10H17FN2O/c11-6-8-3-5-13(7-8)10(14)9-2-1-4-12-9/h8-9,12H,1-7H2/t8-,9+/m1/s1. The maximum absolute atomic E-state index is 12.4. The number of nitrogens with one attached hydrogen (secondary N) is 1. The van der Waals surface area contributed by atoms with E-state index in [0.29, 0.717) is 6.54 Å². The second kappa shape index (κ2) is 4.26. The molecule has 2 aliphatic rings. The molecular weight excluding hydrogens is 183 g/mol. The molecule has 0 spiro atoms. The van der Waals surface area contributed by atoms with Crippen molar-refractivity contribution in [2.45, 2.75) is 25.3 Å². The van der Waals surface area contributed by atoms with E-state index in [-0.39, 0.29) is 24.5 Å². The molecule has 0 aromatic carbocycles. The van der Waals surface area contributed by atoms with E-state index in [4.69, 9.17) is 0 Å². The summed E-state index contributed by atoms with van der Waals surface area (Å²) in [7, 11) is 0. The van der Waals surface area contributed by atoms with Crippen LogP contribution in [0.15, 0.2) is 0 Å². The maximum Gasteiger partial charge on any atom is 0.239 e. The number of carbonyl (C=O) groups excluding carboxylic acids is 1. The van der Waals surface area contributed by atoms with Gasteiger partial charge in [-0.2, -0.15) is 0 Å². The molecule has 4 heteroatoms. The SMILES string of the molecule is O=C([C@@H]1CCCN1)N1CC[C@H](CF)C1. The Hall–Kier alpha value is -0.640. The number of likely N-dealkylation sites (tertiary alicyclic amines) is 1. The van der Waals surface area contributed by atoms with Crippen LogP contribution in [0.3, 0.4) is 0 Å². The first-order chi connectivity index (χ1) is 6.81. The predicted octanol–water partition coefficient (Wildman–Crippen LogP) is 0.556. The van der Waals surface area contributed by atoms with E-state index < -0.39 is 0 Å². The Morgan fingerprint density at radius 3 is 2.93 bits per heavy atom. The van der Waals surface area contributed by atoms with E-state index in [1.165, 1.54) is 0 Å². The van der Waals surface area contributed by atoms with Crippen LogP contribution in [0.1, 0.15) is 19.3 Å². The monoisotopic (exact) mass is 200 g/mol. The van der Waals surface area contributed by atoms with E-state index in [9.17, 15) is 9.18 Å². The van der Waals surface area contributed by atoms with E-state index in [0.717, 1.165) is 32.4 Å². The lowest BCUT2D eigenvalue weighted by molar-refractivity contribution is -0.132. The van der Waals surface area contributed by atoms with E-state index in [1.54, 1.807) is 0 Å². The topological polar surface area (TPSA) is 32.3 Å². The number of carbonyl (C=O) groups is 1. The minimum atomic E-state index is -0.290. The van der Waals surface area contributed by atoms with Gasteiger partial charge in [0.25, 0.3) is 0 Å². The molecule has 1 amide bonds. The Balaban J connectivity index is 1.86. The van der Waals surface area contributed by atoms with Gasteiger partial charge in [0.15, 0.2) is 0 Å². The molecule has 3 nitrogen and oxygen atoms in total. The molecule has 2 saturated heterocycles. The van der Waals surface area contributed by atoms with Crippen LogP contribution >= 0.6 is 0 Å². The number of amides is 1. The zero-order chi connectivity index (χ0) is 9.97. The molecule has 2 fully saturated rings. The summed E-state index contributed by atoms with van der Waals surface area (Å²) in [6.45, 7) is 2.01. The smallest absolute Gasteiger partial charge is 0.239 e. The molecule has 0 aliphatic carbocycles. The summed E-state index contributed by atoms with van der Waals surface area (Å²) in [4.78, 5) is 13.7. The quantitative estimate of drug-likeness (QED) is 0.706. The molecule has 2 atom stereocenters.